The molecule has 0 spiro atoms. The van der Waals surface area contributed by atoms with Gasteiger partial charge in [0.05, 0.1) is 12.9 Å². The first-order valence-corrected chi connectivity index (χ1v) is 9.82. The average Bonchev–Trinajstić information content (AvgIpc) is 2.70. The summed E-state index contributed by atoms with van der Waals surface area (Å²) >= 11 is 0. The van der Waals surface area contributed by atoms with Gasteiger partial charge >= 0.3 is 5.97 Å². The number of carboxylic acids is 1. The molecule has 0 aliphatic heterocycles. The monoisotopic (exact) mass is 376 g/mol. The fourth-order valence-corrected chi connectivity index (χ4v) is 4.56. The summed E-state index contributed by atoms with van der Waals surface area (Å²) in [6.07, 6.45) is 7.90. The number of hydrogen-bond donors (Lipinski definition) is 1. The number of aliphatic carboxylic acids is 1. The lowest BCUT2D eigenvalue weighted by molar-refractivity contribution is -0.144. The second-order valence-electron chi connectivity index (χ2n) is 8.10. The molecule has 0 aromatic heterocycles. The highest BCUT2D eigenvalue weighted by molar-refractivity contribution is 5.68. The van der Waals surface area contributed by atoms with Crippen molar-refractivity contribution in [2.45, 2.75) is 57.3 Å². The molecule has 1 N–H and O–H groups in total. The quantitative estimate of drug-likeness (QED) is 0.657. The van der Waals surface area contributed by atoms with Crippen LogP contribution in [0.3, 0.4) is 0 Å². The smallest absolute Gasteiger partial charge is 0.329 e. The molecule has 3 aliphatic rings. The molecule has 0 unspecified atom stereocenters. The molecule has 1 aromatic carbocycles. The predicted octanol–water partition coefficient (Wildman–Crippen LogP) is 5.02. The van der Waals surface area contributed by atoms with Gasteiger partial charge in [0, 0.05) is 0 Å². The number of halogens is 1. The number of hydrogen-bond acceptors (Lipinski definition) is 3. The van der Waals surface area contributed by atoms with Gasteiger partial charge in [-0.05, 0) is 79.0 Å². The summed E-state index contributed by atoms with van der Waals surface area (Å²) in [4.78, 5) is 10.7. The summed E-state index contributed by atoms with van der Waals surface area (Å²) in [5.41, 5.74) is 2.39. The van der Waals surface area contributed by atoms with E-state index in [-0.39, 0.29) is 24.0 Å². The van der Waals surface area contributed by atoms with Crippen molar-refractivity contribution >= 4 is 5.97 Å². The van der Waals surface area contributed by atoms with E-state index in [1.807, 2.05) is 19.1 Å². The van der Waals surface area contributed by atoms with Gasteiger partial charge in [0.2, 0.25) is 0 Å². The third-order valence-corrected chi connectivity index (χ3v) is 6.53. The maximum Gasteiger partial charge on any atom is 0.329 e. The molecule has 2 bridgehead atoms. The predicted molar refractivity (Wildman–Crippen MR) is 102 cm³/mol. The Morgan fingerprint density at radius 3 is 2.26 bits per heavy atom. The highest BCUT2D eigenvalue weighted by Crippen LogP contribution is 2.57. The van der Waals surface area contributed by atoms with Crippen LogP contribution in [-0.4, -0.2) is 30.9 Å². The zero-order valence-corrected chi connectivity index (χ0v) is 16.0. The highest BCUT2D eigenvalue weighted by Gasteiger charge is 2.49. The van der Waals surface area contributed by atoms with Gasteiger partial charge in [-0.15, -0.1) is 0 Å². The van der Waals surface area contributed by atoms with Crippen molar-refractivity contribution < 1.29 is 23.8 Å². The van der Waals surface area contributed by atoms with Gasteiger partial charge in [0.15, 0.2) is 0 Å². The standard InChI is InChI=1S/C22H29FO4/c1-2-17(13-23)14-27-19-5-3-18(4-6-19)22-10-7-21(8-11-22,9-12-22)16-26-15-20(24)25/h3-6,13H,2,7-12,14-16H2,1H3,(H,24,25)/b17-13+. The Hall–Kier alpha value is -1.88. The Balaban J connectivity index is 1.58. The van der Waals surface area contributed by atoms with E-state index in [1.54, 1.807) is 0 Å². The van der Waals surface area contributed by atoms with Crippen LogP contribution in [0, 0.1) is 5.41 Å². The zero-order chi connectivity index (χ0) is 19.3. The van der Waals surface area contributed by atoms with Crippen LogP contribution >= 0.6 is 0 Å². The molecule has 0 amide bonds. The first kappa shape index (κ1) is 19.9. The Kier molecular flexibility index (Phi) is 6.20. The Labute approximate surface area is 160 Å². The number of fused-ring (bicyclic) bond motifs is 3. The third-order valence-electron chi connectivity index (χ3n) is 6.53. The van der Waals surface area contributed by atoms with Crippen LogP contribution in [0.5, 0.6) is 5.75 Å². The van der Waals surface area contributed by atoms with Crippen LogP contribution in [0.25, 0.3) is 0 Å². The van der Waals surface area contributed by atoms with E-state index in [0.29, 0.717) is 24.9 Å². The molecule has 1 aromatic rings. The van der Waals surface area contributed by atoms with Crippen molar-refractivity contribution in [1.29, 1.82) is 0 Å². The summed E-state index contributed by atoms with van der Waals surface area (Å²) in [5, 5.41) is 8.76. The Morgan fingerprint density at radius 2 is 1.74 bits per heavy atom. The largest absolute Gasteiger partial charge is 0.489 e. The van der Waals surface area contributed by atoms with Gasteiger partial charge in [-0.2, -0.15) is 0 Å². The zero-order valence-electron chi connectivity index (χ0n) is 16.0. The molecule has 3 fully saturated rings. The van der Waals surface area contributed by atoms with E-state index in [4.69, 9.17) is 14.6 Å². The van der Waals surface area contributed by atoms with Crippen LogP contribution in [0.1, 0.15) is 57.4 Å². The lowest BCUT2D eigenvalue weighted by Gasteiger charge is -2.53. The van der Waals surface area contributed by atoms with E-state index in [0.717, 1.165) is 44.3 Å². The van der Waals surface area contributed by atoms with Crippen molar-refractivity contribution in [3.8, 4) is 5.75 Å². The van der Waals surface area contributed by atoms with E-state index >= 15 is 0 Å². The van der Waals surface area contributed by atoms with Crippen molar-refractivity contribution in [3.05, 3.63) is 41.7 Å². The first-order chi connectivity index (χ1) is 13.0. The number of ether oxygens (including phenoxy) is 2. The minimum atomic E-state index is -0.900. The fourth-order valence-electron chi connectivity index (χ4n) is 4.56. The maximum absolute atomic E-state index is 12.6. The SMILES string of the molecule is CC/C(=C\F)COc1ccc(C23CCC(COCC(=O)O)(CC2)CC3)cc1. The number of rotatable bonds is 9. The normalized spacial score (nSPS) is 27.6. The molecule has 3 saturated carbocycles. The molecule has 3 aliphatic carbocycles. The Morgan fingerprint density at radius 1 is 1.11 bits per heavy atom. The second-order valence-corrected chi connectivity index (χ2v) is 8.10. The van der Waals surface area contributed by atoms with Gasteiger partial charge in [-0.3, -0.25) is 0 Å². The minimum Gasteiger partial charge on any atom is -0.489 e. The van der Waals surface area contributed by atoms with Gasteiger partial charge in [-0.25, -0.2) is 9.18 Å². The molecule has 0 radical (unpaired) electrons. The average molecular weight is 376 g/mol. The second kappa shape index (κ2) is 8.42. The van der Waals surface area contributed by atoms with Gasteiger partial charge in [0.1, 0.15) is 19.0 Å². The molecule has 4 nitrogen and oxygen atoms in total. The summed E-state index contributed by atoms with van der Waals surface area (Å²) in [6, 6.07) is 8.28. The summed E-state index contributed by atoms with van der Waals surface area (Å²) in [7, 11) is 0. The third kappa shape index (κ3) is 4.52. The maximum atomic E-state index is 12.6. The van der Waals surface area contributed by atoms with Crippen molar-refractivity contribution in [1.82, 2.24) is 0 Å². The van der Waals surface area contributed by atoms with Gasteiger partial charge in [-0.1, -0.05) is 19.1 Å². The van der Waals surface area contributed by atoms with Crippen molar-refractivity contribution in [3.63, 3.8) is 0 Å². The van der Waals surface area contributed by atoms with E-state index in [1.165, 1.54) is 5.56 Å². The van der Waals surface area contributed by atoms with Crippen molar-refractivity contribution in [2.75, 3.05) is 19.8 Å². The highest BCUT2D eigenvalue weighted by atomic mass is 19.1. The molecule has 0 saturated heterocycles. The molecule has 27 heavy (non-hydrogen) atoms. The van der Waals surface area contributed by atoms with E-state index in [2.05, 4.69) is 12.1 Å². The Bertz CT molecular complexity index is 656. The van der Waals surface area contributed by atoms with Crippen LogP contribution in [0.15, 0.2) is 36.2 Å². The lowest BCUT2D eigenvalue weighted by Crippen LogP contribution is -2.46. The number of carbonyl (C=O) groups is 1. The molecule has 148 valence electrons. The molecule has 0 atom stereocenters. The molecule has 5 heteroatoms. The lowest BCUT2D eigenvalue weighted by atomic mass is 9.52. The summed E-state index contributed by atoms with van der Waals surface area (Å²) < 4.78 is 23.7. The number of carboxylic acid groups (broad SMARTS) is 1. The first-order valence-electron chi connectivity index (χ1n) is 9.82. The summed E-state index contributed by atoms with van der Waals surface area (Å²) in [5.74, 6) is -0.131. The van der Waals surface area contributed by atoms with Gasteiger partial charge in [0.25, 0.3) is 0 Å². The molecule has 0 heterocycles. The topological polar surface area (TPSA) is 55.8 Å². The van der Waals surface area contributed by atoms with E-state index < -0.39 is 5.97 Å². The van der Waals surface area contributed by atoms with Crippen LogP contribution in [-0.2, 0) is 14.9 Å². The van der Waals surface area contributed by atoms with E-state index in [9.17, 15) is 9.18 Å². The molecular weight excluding hydrogens is 347 g/mol. The number of benzene rings is 1. The molecule has 4 rings (SSSR count). The van der Waals surface area contributed by atoms with Gasteiger partial charge < -0.3 is 14.6 Å². The van der Waals surface area contributed by atoms with Crippen LogP contribution in [0.4, 0.5) is 4.39 Å². The minimum absolute atomic E-state index is 0.162. The van der Waals surface area contributed by atoms with Crippen LogP contribution in [0.2, 0.25) is 0 Å². The molecular formula is C22H29FO4. The van der Waals surface area contributed by atoms with Crippen LogP contribution < -0.4 is 4.74 Å². The van der Waals surface area contributed by atoms with Crippen molar-refractivity contribution in [2.24, 2.45) is 5.41 Å². The summed E-state index contributed by atoms with van der Waals surface area (Å²) in [6.45, 7) is 2.56. The fraction of sp³-hybridized carbons (Fsp3) is 0.591.